The number of aryl methyl sites for hydroxylation is 1. The van der Waals surface area contributed by atoms with Crippen LogP contribution in [-0.4, -0.2) is 18.7 Å². The minimum Gasteiger partial charge on any atom is -0.483 e. The number of benzene rings is 2. The number of ether oxygens (including phenoxy) is 1. The summed E-state index contributed by atoms with van der Waals surface area (Å²) in [6, 6.07) is 13.9. The lowest BCUT2D eigenvalue weighted by Gasteiger charge is -2.20. The van der Waals surface area contributed by atoms with Gasteiger partial charge in [0.05, 0.1) is 10.7 Å². The normalized spacial score (nSPS) is 11.6. The van der Waals surface area contributed by atoms with Gasteiger partial charge in [-0.3, -0.25) is 4.79 Å². The minimum absolute atomic E-state index is 0.0580. The number of nitrogens with zero attached hydrogens (tertiary/aromatic N) is 1. The van der Waals surface area contributed by atoms with Crippen LogP contribution in [0.4, 0.5) is 0 Å². The quantitative estimate of drug-likeness (QED) is 0.540. The van der Waals surface area contributed by atoms with Crippen LogP contribution in [0.25, 0.3) is 0 Å². The largest absolute Gasteiger partial charge is 0.483 e. The molecule has 0 radical (unpaired) electrons. The molecule has 0 saturated carbocycles. The summed E-state index contributed by atoms with van der Waals surface area (Å²) < 4.78 is 6.40. The second-order valence-electron chi connectivity index (χ2n) is 7.07. The van der Waals surface area contributed by atoms with Crippen LogP contribution in [0.1, 0.15) is 44.4 Å². The molecule has 0 aliphatic heterocycles. The smallest absolute Gasteiger partial charge is 0.277 e. The molecule has 26 heavy (non-hydrogen) atoms. The third kappa shape index (κ3) is 5.99. The zero-order valence-corrected chi connectivity index (χ0v) is 17.3. The maximum absolute atomic E-state index is 11.9. The van der Waals surface area contributed by atoms with Gasteiger partial charge < -0.3 is 4.74 Å². The first-order valence-electron chi connectivity index (χ1n) is 8.63. The number of carbonyl (C=O) groups is 1. The van der Waals surface area contributed by atoms with Crippen molar-refractivity contribution in [1.82, 2.24) is 5.43 Å². The van der Waals surface area contributed by atoms with Crippen molar-refractivity contribution in [3.63, 3.8) is 0 Å². The van der Waals surface area contributed by atoms with Crippen LogP contribution < -0.4 is 10.2 Å². The van der Waals surface area contributed by atoms with E-state index in [1.165, 1.54) is 11.1 Å². The molecule has 0 aliphatic carbocycles. The van der Waals surface area contributed by atoms with E-state index in [2.05, 4.69) is 54.2 Å². The minimum atomic E-state index is -0.307. The van der Waals surface area contributed by atoms with Gasteiger partial charge in [-0.05, 0) is 56.6 Å². The van der Waals surface area contributed by atoms with E-state index in [0.717, 1.165) is 16.5 Å². The lowest BCUT2D eigenvalue weighted by Crippen LogP contribution is -2.24. The molecule has 0 atom stereocenters. The Morgan fingerprint density at radius 2 is 1.88 bits per heavy atom. The van der Waals surface area contributed by atoms with Gasteiger partial charge in [0.1, 0.15) is 5.75 Å². The molecule has 2 aromatic rings. The SMILES string of the molecule is CCc1ccc(/C=N/NC(=O)COc2ccc(C(C)(C)C)cc2Br)cc1. The number of amides is 1. The van der Waals surface area contributed by atoms with Gasteiger partial charge in [-0.25, -0.2) is 5.43 Å². The Bertz CT molecular complexity index is 778. The van der Waals surface area contributed by atoms with Gasteiger partial charge in [0, 0.05) is 0 Å². The molecular weight excluding hydrogens is 392 g/mol. The van der Waals surface area contributed by atoms with Crippen LogP contribution in [0.5, 0.6) is 5.75 Å². The highest BCUT2D eigenvalue weighted by molar-refractivity contribution is 9.10. The first kappa shape index (κ1) is 20.2. The Morgan fingerprint density at radius 1 is 1.19 bits per heavy atom. The number of halogens is 1. The van der Waals surface area contributed by atoms with Gasteiger partial charge in [-0.2, -0.15) is 5.10 Å². The molecule has 4 nitrogen and oxygen atoms in total. The highest BCUT2D eigenvalue weighted by atomic mass is 79.9. The molecule has 0 saturated heterocycles. The zero-order chi connectivity index (χ0) is 19.2. The second kappa shape index (κ2) is 8.99. The van der Waals surface area contributed by atoms with Gasteiger partial charge in [0.25, 0.3) is 5.91 Å². The Morgan fingerprint density at radius 3 is 2.46 bits per heavy atom. The van der Waals surface area contributed by atoms with Crippen LogP contribution in [0.15, 0.2) is 52.0 Å². The third-order valence-electron chi connectivity index (χ3n) is 3.95. The number of rotatable bonds is 6. The third-order valence-corrected chi connectivity index (χ3v) is 4.57. The molecular formula is C21H25BrN2O2. The van der Waals surface area contributed by atoms with E-state index in [1.807, 2.05) is 42.5 Å². The molecule has 0 heterocycles. The van der Waals surface area contributed by atoms with Gasteiger partial charge >= 0.3 is 0 Å². The van der Waals surface area contributed by atoms with Crippen molar-refractivity contribution in [2.45, 2.75) is 39.5 Å². The fourth-order valence-corrected chi connectivity index (χ4v) is 2.77. The van der Waals surface area contributed by atoms with E-state index in [-0.39, 0.29) is 17.9 Å². The summed E-state index contributed by atoms with van der Waals surface area (Å²) in [5, 5.41) is 3.96. The summed E-state index contributed by atoms with van der Waals surface area (Å²) >= 11 is 3.50. The molecule has 0 bridgehead atoms. The fraction of sp³-hybridized carbons (Fsp3) is 0.333. The summed E-state index contributed by atoms with van der Waals surface area (Å²) in [4.78, 5) is 11.9. The summed E-state index contributed by atoms with van der Waals surface area (Å²) in [6.45, 7) is 8.46. The van der Waals surface area contributed by atoms with Crippen molar-refractivity contribution >= 4 is 28.1 Å². The summed E-state index contributed by atoms with van der Waals surface area (Å²) in [5.41, 5.74) is 5.93. The average Bonchev–Trinajstić information content (AvgIpc) is 2.60. The van der Waals surface area contributed by atoms with Crippen molar-refractivity contribution < 1.29 is 9.53 Å². The first-order valence-corrected chi connectivity index (χ1v) is 9.42. The molecule has 0 aliphatic rings. The molecule has 0 aromatic heterocycles. The van der Waals surface area contributed by atoms with Crippen LogP contribution >= 0.6 is 15.9 Å². The number of hydrogen-bond acceptors (Lipinski definition) is 3. The summed E-state index contributed by atoms with van der Waals surface area (Å²) in [6.07, 6.45) is 2.61. The van der Waals surface area contributed by atoms with E-state index in [0.29, 0.717) is 5.75 Å². The van der Waals surface area contributed by atoms with Crippen LogP contribution in [0, 0.1) is 0 Å². The van der Waals surface area contributed by atoms with Crippen molar-refractivity contribution in [2.75, 3.05) is 6.61 Å². The summed E-state index contributed by atoms with van der Waals surface area (Å²) in [5.74, 6) is 0.325. The molecule has 5 heteroatoms. The van der Waals surface area contributed by atoms with E-state index in [9.17, 15) is 4.79 Å². The van der Waals surface area contributed by atoms with E-state index < -0.39 is 0 Å². The lowest BCUT2D eigenvalue weighted by molar-refractivity contribution is -0.123. The average molecular weight is 417 g/mol. The Balaban J connectivity index is 1.85. The van der Waals surface area contributed by atoms with Gasteiger partial charge in [0.15, 0.2) is 6.61 Å². The highest BCUT2D eigenvalue weighted by Gasteiger charge is 2.15. The van der Waals surface area contributed by atoms with Crippen molar-refractivity contribution in [3.8, 4) is 5.75 Å². The van der Waals surface area contributed by atoms with E-state index in [4.69, 9.17) is 4.74 Å². The number of carbonyl (C=O) groups excluding carboxylic acids is 1. The molecule has 138 valence electrons. The van der Waals surface area contributed by atoms with Crippen molar-refractivity contribution in [3.05, 3.63) is 63.6 Å². The number of hydrogen-bond donors (Lipinski definition) is 1. The molecule has 2 rings (SSSR count). The number of nitrogens with one attached hydrogen (secondary N) is 1. The van der Waals surface area contributed by atoms with Gasteiger partial charge in [-0.15, -0.1) is 0 Å². The monoisotopic (exact) mass is 416 g/mol. The lowest BCUT2D eigenvalue weighted by atomic mass is 9.87. The Labute approximate surface area is 163 Å². The van der Waals surface area contributed by atoms with E-state index in [1.54, 1.807) is 6.21 Å². The maximum Gasteiger partial charge on any atom is 0.277 e. The zero-order valence-electron chi connectivity index (χ0n) is 15.7. The maximum atomic E-state index is 11.9. The van der Waals surface area contributed by atoms with Crippen LogP contribution in [-0.2, 0) is 16.6 Å². The topological polar surface area (TPSA) is 50.7 Å². The van der Waals surface area contributed by atoms with Crippen LogP contribution in [0.3, 0.4) is 0 Å². The number of hydrazone groups is 1. The van der Waals surface area contributed by atoms with Crippen LogP contribution in [0.2, 0.25) is 0 Å². The van der Waals surface area contributed by atoms with Gasteiger partial charge in [0.2, 0.25) is 0 Å². The molecule has 0 fully saturated rings. The molecule has 2 aromatic carbocycles. The first-order chi connectivity index (χ1) is 12.3. The van der Waals surface area contributed by atoms with Gasteiger partial charge in [-0.1, -0.05) is 58.0 Å². The van der Waals surface area contributed by atoms with Crippen molar-refractivity contribution in [2.24, 2.45) is 5.10 Å². The predicted octanol–water partition coefficient (Wildman–Crippen LogP) is 4.84. The predicted molar refractivity (Wildman–Crippen MR) is 110 cm³/mol. The molecule has 0 spiro atoms. The molecule has 0 unspecified atom stereocenters. The van der Waals surface area contributed by atoms with E-state index >= 15 is 0 Å². The Hall–Kier alpha value is -2.14. The standard InChI is InChI=1S/C21H25BrN2O2/c1-5-15-6-8-16(9-7-15)13-23-24-20(25)14-26-19-11-10-17(12-18(19)22)21(2,3)4/h6-13H,5,14H2,1-4H3,(H,24,25)/b23-13+. The fourth-order valence-electron chi connectivity index (χ4n) is 2.28. The Kier molecular flexibility index (Phi) is 6.98. The molecule has 1 N–H and O–H groups in total. The summed E-state index contributed by atoms with van der Waals surface area (Å²) in [7, 11) is 0. The highest BCUT2D eigenvalue weighted by Crippen LogP contribution is 2.31. The van der Waals surface area contributed by atoms with Crippen molar-refractivity contribution in [1.29, 1.82) is 0 Å². The molecule has 1 amide bonds. The second-order valence-corrected chi connectivity index (χ2v) is 7.93.